The van der Waals surface area contributed by atoms with Gasteiger partial charge in [-0.15, -0.1) is 11.3 Å². The van der Waals surface area contributed by atoms with Gasteiger partial charge < -0.3 is 19.5 Å². The zero-order chi connectivity index (χ0) is 21.3. The monoisotopic (exact) mass is 425 g/mol. The maximum atomic E-state index is 12.9. The molecule has 1 aliphatic heterocycles. The zero-order valence-electron chi connectivity index (χ0n) is 16.6. The Balaban J connectivity index is 1.62. The van der Waals surface area contributed by atoms with Crippen LogP contribution in [0.25, 0.3) is 11.3 Å². The number of carbonyl (C=O) groups is 2. The van der Waals surface area contributed by atoms with Gasteiger partial charge in [-0.2, -0.15) is 0 Å². The van der Waals surface area contributed by atoms with E-state index in [0.29, 0.717) is 39.3 Å². The van der Waals surface area contributed by atoms with E-state index in [1.54, 1.807) is 24.3 Å². The normalized spacial score (nSPS) is 12.4. The summed E-state index contributed by atoms with van der Waals surface area (Å²) in [4.78, 5) is 30.0. The first kappa shape index (κ1) is 19.7. The van der Waals surface area contributed by atoms with E-state index in [1.807, 2.05) is 19.1 Å². The second kappa shape index (κ2) is 8.03. The van der Waals surface area contributed by atoms with E-state index in [1.165, 1.54) is 25.6 Å². The number of rotatable bonds is 5. The number of anilines is 2. The van der Waals surface area contributed by atoms with Gasteiger partial charge in [-0.25, -0.2) is 4.98 Å². The predicted octanol–water partition coefficient (Wildman–Crippen LogP) is 3.72. The molecule has 2 aromatic carbocycles. The minimum Gasteiger partial charge on any atom is -0.496 e. The number of benzene rings is 2. The van der Waals surface area contributed by atoms with Gasteiger partial charge in [0.05, 0.1) is 25.6 Å². The van der Waals surface area contributed by atoms with E-state index in [9.17, 15) is 9.59 Å². The fraction of sp³-hybridized carbons (Fsp3) is 0.190. The highest BCUT2D eigenvalue weighted by molar-refractivity contribution is 7.16. The minimum atomic E-state index is -0.379. The molecule has 2 heterocycles. The first-order chi connectivity index (χ1) is 14.5. The molecule has 0 aliphatic carbocycles. The first-order valence-corrected chi connectivity index (χ1v) is 9.88. The Labute approximate surface area is 176 Å². The molecule has 3 aromatic rings. The van der Waals surface area contributed by atoms with E-state index >= 15 is 0 Å². The quantitative estimate of drug-likeness (QED) is 0.647. The van der Waals surface area contributed by atoms with Crippen LogP contribution in [0.15, 0.2) is 36.4 Å². The molecule has 4 rings (SSSR count). The highest BCUT2D eigenvalue weighted by Gasteiger charge is 2.21. The van der Waals surface area contributed by atoms with E-state index < -0.39 is 0 Å². The molecule has 0 spiro atoms. The number of nitrogens with one attached hydrogen (secondary N) is 2. The van der Waals surface area contributed by atoms with Crippen LogP contribution in [0, 0.1) is 6.92 Å². The summed E-state index contributed by atoms with van der Waals surface area (Å²) in [6.45, 7) is 1.92. The number of hydrogen-bond acceptors (Lipinski definition) is 7. The van der Waals surface area contributed by atoms with Gasteiger partial charge in [0.2, 0.25) is 0 Å². The van der Waals surface area contributed by atoms with Gasteiger partial charge in [0.15, 0.2) is 11.7 Å². The first-order valence-electron chi connectivity index (χ1n) is 9.07. The number of amides is 2. The summed E-state index contributed by atoms with van der Waals surface area (Å²) >= 11 is 1.35. The third-order valence-corrected chi connectivity index (χ3v) is 5.44. The van der Waals surface area contributed by atoms with Crippen LogP contribution in [-0.4, -0.2) is 37.6 Å². The second-order valence-corrected chi connectivity index (χ2v) is 7.67. The van der Waals surface area contributed by atoms with E-state index in [2.05, 4.69) is 15.6 Å². The SMILES string of the molecule is COc1cccc(OC)c1C(=O)Nc1nc(-c2ccc3c(c2)NC(=O)CO3)c(C)s1. The fourth-order valence-electron chi connectivity index (χ4n) is 3.18. The van der Waals surface area contributed by atoms with Crippen molar-refractivity contribution in [2.45, 2.75) is 6.92 Å². The van der Waals surface area contributed by atoms with Crippen molar-refractivity contribution in [2.24, 2.45) is 0 Å². The zero-order valence-corrected chi connectivity index (χ0v) is 17.4. The molecule has 0 fully saturated rings. The topological polar surface area (TPSA) is 98.8 Å². The number of thiazole rings is 1. The molecule has 1 aromatic heterocycles. The highest BCUT2D eigenvalue weighted by atomic mass is 32.1. The molecule has 9 heteroatoms. The molecule has 1 aliphatic rings. The lowest BCUT2D eigenvalue weighted by atomic mass is 10.1. The average molecular weight is 425 g/mol. The number of ether oxygens (including phenoxy) is 3. The summed E-state index contributed by atoms with van der Waals surface area (Å²) in [7, 11) is 2.99. The van der Waals surface area contributed by atoms with Gasteiger partial charge >= 0.3 is 0 Å². The van der Waals surface area contributed by atoms with Crippen molar-refractivity contribution < 1.29 is 23.8 Å². The van der Waals surface area contributed by atoms with Crippen molar-refractivity contribution in [3.8, 4) is 28.5 Å². The van der Waals surface area contributed by atoms with Gasteiger partial charge in [0.1, 0.15) is 22.8 Å². The Morgan fingerprint density at radius 2 is 1.93 bits per heavy atom. The lowest BCUT2D eigenvalue weighted by molar-refractivity contribution is -0.118. The Morgan fingerprint density at radius 3 is 2.63 bits per heavy atom. The van der Waals surface area contributed by atoms with Crippen molar-refractivity contribution >= 4 is 34.0 Å². The molecular formula is C21H19N3O5S. The third kappa shape index (κ3) is 3.67. The summed E-state index contributed by atoms with van der Waals surface area (Å²) in [6.07, 6.45) is 0. The van der Waals surface area contributed by atoms with Crippen molar-refractivity contribution in [3.05, 3.63) is 46.8 Å². The number of fused-ring (bicyclic) bond motifs is 1. The maximum Gasteiger partial charge on any atom is 0.265 e. The number of nitrogens with zero attached hydrogens (tertiary/aromatic N) is 1. The van der Waals surface area contributed by atoms with E-state index in [-0.39, 0.29) is 18.4 Å². The van der Waals surface area contributed by atoms with Crippen molar-refractivity contribution in [1.82, 2.24) is 4.98 Å². The number of methoxy groups -OCH3 is 2. The van der Waals surface area contributed by atoms with Crippen LogP contribution < -0.4 is 24.8 Å². The second-order valence-electron chi connectivity index (χ2n) is 6.46. The number of aromatic nitrogens is 1. The summed E-state index contributed by atoms with van der Waals surface area (Å²) < 4.78 is 16.0. The van der Waals surface area contributed by atoms with E-state index in [4.69, 9.17) is 14.2 Å². The Kier molecular flexibility index (Phi) is 5.28. The highest BCUT2D eigenvalue weighted by Crippen LogP contribution is 2.37. The molecule has 0 saturated heterocycles. The van der Waals surface area contributed by atoms with Crippen LogP contribution in [-0.2, 0) is 4.79 Å². The molecule has 0 atom stereocenters. The van der Waals surface area contributed by atoms with Crippen molar-refractivity contribution in [3.63, 3.8) is 0 Å². The molecule has 0 saturated carbocycles. The van der Waals surface area contributed by atoms with Gasteiger partial charge in [0, 0.05) is 10.4 Å². The lowest BCUT2D eigenvalue weighted by Crippen LogP contribution is -2.25. The Bertz CT molecular complexity index is 1120. The summed E-state index contributed by atoms with van der Waals surface area (Å²) in [6, 6.07) is 10.6. The maximum absolute atomic E-state index is 12.9. The largest absolute Gasteiger partial charge is 0.496 e. The standard InChI is InChI=1S/C21H19N3O5S/c1-11-19(12-7-8-14-13(9-12)22-17(25)10-29-14)23-21(30-11)24-20(26)18-15(27-2)5-4-6-16(18)28-3/h4-9H,10H2,1-3H3,(H,22,25)(H,23,24,26). The molecule has 8 nitrogen and oxygen atoms in total. The van der Waals surface area contributed by atoms with Crippen LogP contribution in [0.4, 0.5) is 10.8 Å². The van der Waals surface area contributed by atoms with Gasteiger partial charge in [-0.05, 0) is 37.3 Å². The van der Waals surface area contributed by atoms with Gasteiger partial charge in [0.25, 0.3) is 11.8 Å². The third-order valence-electron chi connectivity index (χ3n) is 4.56. The summed E-state index contributed by atoms with van der Waals surface area (Å²) in [5, 5.41) is 6.05. The summed E-state index contributed by atoms with van der Waals surface area (Å²) in [5.41, 5.74) is 2.42. The fourth-order valence-corrected chi connectivity index (χ4v) is 4.01. The van der Waals surface area contributed by atoms with Crippen LogP contribution in [0.5, 0.6) is 17.2 Å². The molecule has 154 valence electrons. The van der Waals surface area contributed by atoms with Crippen LogP contribution >= 0.6 is 11.3 Å². The summed E-state index contributed by atoms with van der Waals surface area (Å²) in [5.74, 6) is 0.851. The van der Waals surface area contributed by atoms with Crippen molar-refractivity contribution in [1.29, 1.82) is 0 Å². The molecular weight excluding hydrogens is 406 g/mol. The molecule has 0 bridgehead atoms. The minimum absolute atomic E-state index is 0.00463. The lowest BCUT2D eigenvalue weighted by Gasteiger charge is -2.18. The Morgan fingerprint density at radius 1 is 1.20 bits per heavy atom. The molecule has 0 unspecified atom stereocenters. The smallest absolute Gasteiger partial charge is 0.265 e. The van der Waals surface area contributed by atoms with Gasteiger partial charge in [-0.3, -0.25) is 14.9 Å². The van der Waals surface area contributed by atoms with Crippen molar-refractivity contribution in [2.75, 3.05) is 31.5 Å². The Hall–Kier alpha value is -3.59. The number of hydrogen-bond donors (Lipinski definition) is 2. The number of carbonyl (C=O) groups excluding carboxylic acids is 2. The average Bonchev–Trinajstić information content (AvgIpc) is 3.12. The predicted molar refractivity (Wildman–Crippen MR) is 114 cm³/mol. The van der Waals surface area contributed by atoms with Crippen LogP contribution in [0.3, 0.4) is 0 Å². The molecule has 2 amide bonds. The van der Waals surface area contributed by atoms with Crippen LogP contribution in [0.1, 0.15) is 15.2 Å². The molecule has 0 radical (unpaired) electrons. The molecule has 2 N–H and O–H groups in total. The number of aryl methyl sites for hydroxylation is 1. The molecule has 30 heavy (non-hydrogen) atoms. The van der Waals surface area contributed by atoms with Crippen LogP contribution in [0.2, 0.25) is 0 Å². The van der Waals surface area contributed by atoms with Gasteiger partial charge in [-0.1, -0.05) is 6.07 Å². The van der Waals surface area contributed by atoms with E-state index in [0.717, 1.165) is 10.4 Å².